The van der Waals surface area contributed by atoms with E-state index in [0.29, 0.717) is 29.4 Å². The molecule has 2 aromatic heterocycles. The van der Waals surface area contributed by atoms with E-state index in [1.165, 1.54) is 0 Å². The summed E-state index contributed by atoms with van der Waals surface area (Å²) in [4.78, 5) is 20.7. The monoisotopic (exact) mass is 509 g/mol. The number of nitrogens with zero attached hydrogens (tertiary/aromatic N) is 3. The number of unbranched alkanes of at least 4 members (excludes halogenated alkanes) is 1. The summed E-state index contributed by atoms with van der Waals surface area (Å²) in [7, 11) is 1.65. The fourth-order valence-electron chi connectivity index (χ4n) is 4.41. The van der Waals surface area contributed by atoms with Crippen LogP contribution in [0.1, 0.15) is 48.6 Å². The molecular formula is C27H27Cl2N4O2. The van der Waals surface area contributed by atoms with Crippen molar-refractivity contribution in [1.29, 1.82) is 0 Å². The number of amides is 1. The Kier molecular flexibility index (Phi) is 8.26. The minimum atomic E-state index is -0.533. The molecule has 6 nitrogen and oxygen atoms in total. The molecule has 0 saturated heterocycles. The van der Waals surface area contributed by atoms with E-state index in [2.05, 4.69) is 9.55 Å². The van der Waals surface area contributed by atoms with E-state index >= 15 is 0 Å². The van der Waals surface area contributed by atoms with Crippen LogP contribution in [-0.4, -0.2) is 27.6 Å². The Bertz CT molecular complexity index is 1320. The number of carbonyl (C=O) groups is 1. The fraction of sp³-hybridized carbons (Fsp3) is 0.296. The number of nitrogens with one attached hydrogen (secondary N) is 1. The molecule has 0 bridgehead atoms. The second-order valence-electron chi connectivity index (χ2n) is 8.51. The number of ether oxygens (including phenoxy) is 1. The molecule has 1 unspecified atom stereocenters. The Hall–Kier alpha value is -3.09. The van der Waals surface area contributed by atoms with E-state index in [1.54, 1.807) is 13.3 Å². The average Bonchev–Trinajstić information content (AvgIpc) is 3.19. The van der Waals surface area contributed by atoms with E-state index < -0.39 is 5.91 Å². The lowest BCUT2D eigenvalue weighted by Crippen LogP contribution is -2.12. The van der Waals surface area contributed by atoms with Crippen LogP contribution in [0.5, 0.6) is 5.75 Å². The molecule has 1 amide bonds. The van der Waals surface area contributed by atoms with Gasteiger partial charge in [-0.2, -0.15) is 0 Å². The van der Waals surface area contributed by atoms with E-state index in [1.807, 2.05) is 54.6 Å². The molecule has 1 radical (unpaired) electrons. The molecule has 4 aromatic rings. The van der Waals surface area contributed by atoms with Gasteiger partial charge in [-0.05, 0) is 66.3 Å². The summed E-state index contributed by atoms with van der Waals surface area (Å²) in [5, 5.41) is 1.34. The molecule has 2 heterocycles. The van der Waals surface area contributed by atoms with Gasteiger partial charge in [0.05, 0.1) is 13.7 Å². The van der Waals surface area contributed by atoms with Crippen LogP contribution in [0.25, 0.3) is 11.2 Å². The number of halogens is 2. The van der Waals surface area contributed by atoms with Crippen LogP contribution >= 0.6 is 23.2 Å². The summed E-state index contributed by atoms with van der Waals surface area (Å²) < 4.78 is 7.78. The van der Waals surface area contributed by atoms with Crippen molar-refractivity contribution in [2.24, 2.45) is 0 Å². The standard InChI is InChI=1S/C27H27Cl2N4O2/c1-35-24-13-12-20(28)16-21(24)18(7-3-5-11-25(30)34)15-26-32-23-10-6-14-31-27(23)33(26)17-19-8-2-4-9-22(19)29/h2,4,6,8-10,12-14,16,18,30H,3,5,7,11,15,17H2,1H3. The van der Waals surface area contributed by atoms with Crippen molar-refractivity contribution in [3.8, 4) is 5.75 Å². The van der Waals surface area contributed by atoms with Gasteiger partial charge in [0.1, 0.15) is 17.1 Å². The highest BCUT2D eigenvalue weighted by molar-refractivity contribution is 6.31. The third kappa shape index (κ3) is 6.13. The summed E-state index contributed by atoms with van der Waals surface area (Å²) in [6.45, 7) is 0.551. The molecule has 0 aliphatic rings. The van der Waals surface area contributed by atoms with Gasteiger partial charge in [0.15, 0.2) is 5.65 Å². The van der Waals surface area contributed by atoms with Gasteiger partial charge in [-0.1, -0.05) is 47.8 Å². The minimum absolute atomic E-state index is 0.0475. The summed E-state index contributed by atoms with van der Waals surface area (Å²) in [5.41, 5.74) is 10.8. The topological polar surface area (TPSA) is 80.8 Å². The number of benzene rings is 2. The predicted octanol–water partition coefficient (Wildman–Crippen LogP) is 6.49. The quantitative estimate of drug-likeness (QED) is 0.216. The maximum atomic E-state index is 11.1. The fourth-order valence-corrected chi connectivity index (χ4v) is 4.79. The Labute approximate surface area is 215 Å². The van der Waals surface area contributed by atoms with Gasteiger partial charge < -0.3 is 9.30 Å². The van der Waals surface area contributed by atoms with Gasteiger partial charge in [-0.25, -0.2) is 9.97 Å². The smallest absolute Gasteiger partial charge is 0.238 e. The average molecular weight is 510 g/mol. The summed E-state index contributed by atoms with van der Waals surface area (Å²) >= 11 is 12.9. The van der Waals surface area contributed by atoms with Gasteiger partial charge in [0, 0.05) is 29.1 Å². The predicted molar refractivity (Wildman–Crippen MR) is 139 cm³/mol. The van der Waals surface area contributed by atoms with Crippen LogP contribution < -0.4 is 10.5 Å². The van der Waals surface area contributed by atoms with Crippen molar-refractivity contribution in [3.63, 3.8) is 0 Å². The molecule has 0 spiro atoms. The van der Waals surface area contributed by atoms with Gasteiger partial charge in [0.25, 0.3) is 0 Å². The van der Waals surface area contributed by atoms with Crippen LogP contribution in [0.4, 0.5) is 0 Å². The molecule has 1 N–H and O–H groups in total. The van der Waals surface area contributed by atoms with Crippen molar-refractivity contribution < 1.29 is 9.53 Å². The maximum Gasteiger partial charge on any atom is 0.238 e. The highest BCUT2D eigenvalue weighted by atomic mass is 35.5. The first-order valence-electron chi connectivity index (χ1n) is 11.6. The Morgan fingerprint density at radius 3 is 2.71 bits per heavy atom. The van der Waals surface area contributed by atoms with Gasteiger partial charge in [-0.3, -0.25) is 10.5 Å². The first-order chi connectivity index (χ1) is 17.0. The van der Waals surface area contributed by atoms with Crippen molar-refractivity contribution in [2.75, 3.05) is 7.11 Å². The molecule has 0 aliphatic carbocycles. The molecular weight excluding hydrogens is 483 g/mol. The molecule has 0 saturated carbocycles. The van der Waals surface area contributed by atoms with Gasteiger partial charge in [0.2, 0.25) is 5.91 Å². The largest absolute Gasteiger partial charge is 0.496 e. The normalized spacial score (nSPS) is 12.1. The highest BCUT2D eigenvalue weighted by Gasteiger charge is 2.22. The number of aromatic nitrogens is 3. The van der Waals surface area contributed by atoms with E-state index in [0.717, 1.165) is 46.7 Å². The second kappa shape index (κ2) is 11.6. The third-order valence-electron chi connectivity index (χ3n) is 6.14. The molecule has 2 aromatic carbocycles. The number of imidazole rings is 1. The number of hydrogen-bond donors (Lipinski definition) is 0. The summed E-state index contributed by atoms with van der Waals surface area (Å²) in [5.74, 6) is 1.17. The molecule has 35 heavy (non-hydrogen) atoms. The lowest BCUT2D eigenvalue weighted by Gasteiger charge is -2.21. The summed E-state index contributed by atoms with van der Waals surface area (Å²) in [6, 6.07) is 17.3. The number of methoxy groups -OCH3 is 1. The zero-order valence-electron chi connectivity index (χ0n) is 19.5. The lowest BCUT2D eigenvalue weighted by atomic mass is 9.89. The van der Waals surface area contributed by atoms with Crippen molar-refractivity contribution in [1.82, 2.24) is 20.3 Å². The maximum absolute atomic E-state index is 11.1. The van der Waals surface area contributed by atoms with Gasteiger partial charge >= 0.3 is 0 Å². The van der Waals surface area contributed by atoms with Crippen LogP contribution in [0, 0.1) is 0 Å². The zero-order valence-corrected chi connectivity index (χ0v) is 21.0. The molecule has 8 heteroatoms. The number of carbonyl (C=O) groups excluding carboxylic acids is 1. The Morgan fingerprint density at radius 1 is 1.11 bits per heavy atom. The first kappa shape index (κ1) is 25.0. The summed E-state index contributed by atoms with van der Waals surface area (Å²) in [6.07, 6.45) is 4.92. The lowest BCUT2D eigenvalue weighted by molar-refractivity contribution is -0.118. The third-order valence-corrected chi connectivity index (χ3v) is 6.74. The minimum Gasteiger partial charge on any atom is -0.496 e. The van der Waals surface area contributed by atoms with E-state index in [4.69, 9.17) is 38.7 Å². The Balaban J connectivity index is 1.72. The van der Waals surface area contributed by atoms with Crippen LogP contribution in [0.3, 0.4) is 0 Å². The Morgan fingerprint density at radius 2 is 1.94 bits per heavy atom. The number of hydrogen-bond acceptors (Lipinski definition) is 4. The highest BCUT2D eigenvalue weighted by Crippen LogP contribution is 2.36. The van der Waals surface area contributed by atoms with E-state index in [9.17, 15) is 4.79 Å². The van der Waals surface area contributed by atoms with Crippen LogP contribution in [-0.2, 0) is 17.8 Å². The SMILES string of the molecule is COc1ccc(Cl)cc1C(CCCCC([NH])=O)Cc1nc2cccnc2n1Cc1ccccc1Cl. The van der Waals surface area contributed by atoms with Crippen LogP contribution in [0.15, 0.2) is 60.8 Å². The van der Waals surface area contributed by atoms with Crippen molar-refractivity contribution in [2.45, 2.75) is 44.6 Å². The van der Waals surface area contributed by atoms with Crippen molar-refractivity contribution in [3.05, 3.63) is 87.8 Å². The first-order valence-corrected chi connectivity index (χ1v) is 12.3. The number of fused-ring (bicyclic) bond motifs is 1. The van der Waals surface area contributed by atoms with E-state index in [-0.39, 0.29) is 12.3 Å². The van der Waals surface area contributed by atoms with Crippen molar-refractivity contribution >= 4 is 40.3 Å². The number of pyridine rings is 1. The molecule has 0 fully saturated rings. The zero-order chi connectivity index (χ0) is 24.8. The molecule has 4 rings (SSSR count). The van der Waals surface area contributed by atoms with Gasteiger partial charge in [-0.15, -0.1) is 0 Å². The molecule has 1 atom stereocenters. The second-order valence-corrected chi connectivity index (χ2v) is 9.35. The van der Waals surface area contributed by atoms with Crippen LogP contribution in [0.2, 0.25) is 10.0 Å². The molecule has 0 aliphatic heterocycles. The number of rotatable bonds is 11. The molecule has 181 valence electrons.